The first-order chi connectivity index (χ1) is 11.7. The number of rotatable bonds is 6. The molecule has 0 spiro atoms. The summed E-state index contributed by atoms with van der Waals surface area (Å²) in [5.74, 6) is -5.82. The molecule has 0 bridgehead atoms. The van der Waals surface area contributed by atoms with E-state index in [1.807, 2.05) is 0 Å². The number of hydrogen-bond donors (Lipinski definition) is 2. The maximum atomic E-state index is 11.5. The molecule has 0 aromatic rings. The molecule has 12 nitrogen and oxygen atoms in total. The van der Waals surface area contributed by atoms with Crippen LogP contribution in [0.1, 0.15) is 32.1 Å². The molecular formula is C13H14N2O10. The lowest BCUT2D eigenvalue weighted by molar-refractivity contribution is -0.200. The summed E-state index contributed by atoms with van der Waals surface area (Å²) >= 11 is 0. The molecule has 0 aromatic carbocycles. The van der Waals surface area contributed by atoms with E-state index in [1.54, 1.807) is 0 Å². The summed E-state index contributed by atoms with van der Waals surface area (Å²) in [6.45, 7) is 0. The maximum Gasteiger partial charge on any atom is 0.333 e. The van der Waals surface area contributed by atoms with Crippen LogP contribution in [0.2, 0.25) is 0 Å². The van der Waals surface area contributed by atoms with Gasteiger partial charge in [0.25, 0.3) is 23.6 Å². The van der Waals surface area contributed by atoms with Gasteiger partial charge >= 0.3 is 11.9 Å². The number of aliphatic hydroxyl groups is 2. The molecule has 2 unspecified atom stereocenters. The largest absolute Gasteiger partial charge is 0.383 e. The molecule has 2 saturated heterocycles. The van der Waals surface area contributed by atoms with E-state index in [0.717, 1.165) is 0 Å². The minimum absolute atomic E-state index is 0.116. The van der Waals surface area contributed by atoms with Gasteiger partial charge in [-0.2, -0.15) is 0 Å². The normalized spacial score (nSPS) is 23.4. The van der Waals surface area contributed by atoms with Gasteiger partial charge in [0, 0.05) is 12.8 Å². The molecule has 2 aliphatic heterocycles. The van der Waals surface area contributed by atoms with E-state index in [2.05, 4.69) is 9.68 Å². The Morgan fingerprint density at radius 2 is 1.20 bits per heavy atom. The Morgan fingerprint density at radius 1 is 0.840 bits per heavy atom. The quantitative estimate of drug-likeness (QED) is 0.477. The van der Waals surface area contributed by atoms with Crippen molar-refractivity contribution in [3.05, 3.63) is 0 Å². The molecule has 0 radical (unpaired) electrons. The van der Waals surface area contributed by atoms with Crippen LogP contribution in [-0.4, -0.2) is 68.1 Å². The van der Waals surface area contributed by atoms with Gasteiger partial charge in [-0.1, -0.05) is 10.1 Å². The number of hydroxylamine groups is 4. The number of carbonyl (C=O) groups excluding carboxylic acids is 6. The molecule has 2 rings (SSSR count). The monoisotopic (exact) mass is 358 g/mol. The molecule has 0 aliphatic carbocycles. The van der Waals surface area contributed by atoms with Crippen LogP contribution >= 0.6 is 0 Å². The molecular weight excluding hydrogens is 344 g/mol. The third kappa shape index (κ3) is 4.16. The highest BCUT2D eigenvalue weighted by Crippen LogP contribution is 2.16. The highest BCUT2D eigenvalue weighted by atomic mass is 16.7. The van der Waals surface area contributed by atoms with Gasteiger partial charge in [-0.05, 0) is 6.42 Å². The lowest BCUT2D eigenvalue weighted by Crippen LogP contribution is -2.35. The first kappa shape index (κ1) is 18.5. The first-order valence-corrected chi connectivity index (χ1v) is 7.22. The molecule has 0 aromatic heterocycles. The Bertz CT molecular complexity index is 591. The van der Waals surface area contributed by atoms with E-state index in [4.69, 9.17) is 10.2 Å². The van der Waals surface area contributed by atoms with Gasteiger partial charge in [-0.25, -0.2) is 9.59 Å². The zero-order valence-corrected chi connectivity index (χ0v) is 12.7. The third-order valence-corrected chi connectivity index (χ3v) is 3.31. The second-order valence-corrected chi connectivity index (χ2v) is 5.27. The van der Waals surface area contributed by atoms with E-state index < -0.39 is 60.6 Å². The summed E-state index contributed by atoms with van der Waals surface area (Å²) in [4.78, 5) is 77.3. The summed E-state index contributed by atoms with van der Waals surface area (Å²) in [5.41, 5.74) is 0. The smallest absolute Gasteiger partial charge is 0.333 e. The summed E-state index contributed by atoms with van der Waals surface area (Å²) in [6.07, 6.45) is -4.93. The predicted octanol–water partition coefficient (Wildman–Crippen LogP) is -2.69. The SMILES string of the molecule is O=C(CCCC(=O)ON1C(=O)CC(O)C1=O)ON1C(=O)CC(O)C1=O. The van der Waals surface area contributed by atoms with Gasteiger partial charge in [0.1, 0.15) is 12.2 Å². The third-order valence-electron chi connectivity index (χ3n) is 3.31. The zero-order valence-electron chi connectivity index (χ0n) is 12.7. The number of imide groups is 2. The van der Waals surface area contributed by atoms with Gasteiger partial charge in [0.05, 0.1) is 12.8 Å². The van der Waals surface area contributed by atoms with Gasteiger partial charge in [-0.15, -0.1) is 0 Å². The average molecular weight is 358 g/mol. The summed E-state index contributed by atoms with van der Waals surface area (Å²) < 4.78 is 0. The Morgan fingerprint density at radius 3 is 1.48 bits per heavy atom. The summed E-state index contributed by atoms with van der Waals surface area (Å²) in [6, 6.07) is 0. The van der Waals surface area contributed by atoms with Crippen LogP contribution in [0.4, 0.5) is 0 Å². The average Bonchev–Trinajstić information content (AvgIpc) is 2.91. The summed E-state index contributed by atoms with van der Waals surface area (Å²) in [5, 5.41) is 18.6. The predicted molar refractivity (Wildman–Crippen MR) is 71.0 cm³/mol. The number of carbonyl (C=O) groups is 6. The van der Waals surface area contributed by atoms with E-state index in [1.165, 1.54) is 0 Å². The number of aliphatic hydroxyl groups excluding tert-OH is 2. The van der Waals surface area contributed by atoms with Crippen LogP contribution < -0.4 is 0 Å². The van der Waals surface area contributed by atoms with Gasteiger partial charge < -0.3 is 19.9 Å². The Hall–Kier alpha value is -2.86. The molecule has 0 saturated carbocycles. The van der Waals surface area contributed by atoms with Crippen LogP contribution in [0.3, 0.4) is 0 Å². The molecule has 2 fully saturated rings. The first-order valence-electron chi connectivity index (χ1n) is 7.22. The van der Waals surface area contributed by atoms with Crippen molar-refractivity contribution in [2.45, 2.75) is 44.3 Å². The fourth-order valence-corrected chi connectivity index (χ4v) is 2.05. The van der Waals surface area contributed by atoms with Crippen molar-refractivity contribution < 1.29 is 48.7 Å². The highest BCUT2D eigenvalue weighted by molar-refractivity contribution is 6.05. The lowest BCUT2D eigenvalue weighted by Gasteiger charge is -2.13. The van der Waals surface area contributed by atoms with Crippen LogP contribution in [0.5, 0.6) is 0 Å². The van der Waals surface area contributed by atoms with Crippen LogP contribution in [0.25, 0.3) is 0 Å². The van der Waals surface area contributed by atoms with Crippen LogP contribution in [0.15, 0.2) is 0 Å². The van der Waals surface area contributed by atoms with E-state index >= 15 is 0 Å². The molecule has 12 heteroatoms. The molecule has 4 amide bonds. The van der Waals surface area contributed by atoms with E-state index in [9.17, 15) is 28.8 Å². The second-order valence-electron chi connectivity index (χ2n) is 5.27. The van der Waals surface area contributed by atoms with Crippen molar-refractivity contribution in [1.82, 2.24) is 10.1 Å². The molecule has 2 N–H and O–H groups in total. The van der Waals surface area contributed by atoms with E-state index in [0.29, 0.717) is 0 Å². The van der Waals surface area contributed by atoms with Crippen LogP contribution in [0, 0.1) is 0 Å². The van der Waals surface area contributed by atoms with Crippen molar-refractivity contribution in [3.63, 3.8) is 0 Å². The Balaban J connectivity index is 1.71. The summed E-state index contributed by atoms with van der Waals surface area (Å²) in [7, 11) is 0. The minimum Gasteiger partial charge on any atom is -0.383 e. The zero-order chi connectivity index (χ0) is 18.7. The van der Waals surface area contributed by atoms with Crippen molar-refractivity contribution in [1.29, 1.82) is 0 Å². The van der Waals surface area contributed by atoms with Crippen molar-refractivity contribution >= 4 is 35.6 Å². The fourth-order valence-electron chi connectivity index (χ4n) is 2.05. The topological polar surface area (TPSA) is 168 Å². The standard InChI is InChI=1S/C13H14N2O10/c16-6-4-8(18)14(12(6)22)24-10(20)2-1-3-11(21)25-15-9(19)5-7(17)13(15)23/h6-7,16-17H,1-5H2. The minimum atomic E-state index is -1.55. The van der Waals surface area contributed by atoms with Gasteiger partial charge in [0.15, 0.2) is 0 Å². The lowest BCUT2D eigenvalue weighted by atomic mass is 10.2. The van der Waals surface area contributed by atoms with E-state index in [-0.39, 0.29) is 29.4 Å². The van der Waals surface area contributed by atoms with Gasteiger partial charge in [0.2, 0.25) is 0 Å². The second kappa shape index (κ2) is 7.36. The molecule has 2 heterocycles. The Kier molecular flexibility index (Phi) is 5.44. The van der Waals surface area contributed by atoms with Crippen molar-refractivity contribution in [2.75, 3.05) is 0 Å². The highest BCUT2D eigenvalue weighted by Gasteiger charge is 2.41. The molecule has 136 valence electrons. The van der Waals surface area contributed by atoms with Crippen molar-refractivity contribution in [2.24, 2.45) is 0 Å². The Labute approximate surface area is 139 Å². The number of hydrogen-bond acceptors (Lipinski definition) is 10. The molecule has 2 atom stereocenters. The van der Waals surface area contributed by atoms with Crippen molar-refractivity contribution in [3.8, 4) is 0 Å². The molecule has 25 heavy (non-hydrogen) atoms. The van der Waals surface area contributed by atoms with Crippen LogP contribution in [-0.2, 0) is 38.4 Å². The van der Waals surface area contributed by atoms with Gasteiger partial charge in [-0.3, -0.25) is 19.2 Å². The number of amides is 4. The molecule has 2 aliphatic rings. The fraction of sp³-hybridized carbons (Fsp3) is 0.538. The number of nitrogens with zero attached hydrogens (tertiary/aromatic N) is 2. The maximum absolute atomic E-state index is 11.5.